The zero-order valence-electron chi connectivity index (χ0n) is 13.3. The molecule has 0 aromatic rings. The van der Waals surface area contributed by atoms with Crippen molar-refractivity contribution < 1.29 is 34.7 Å². The summed E-state index contributed by atoms with van der Waals surface area (Å²) >= 11 is 0. The van der Waals surface area contributed by atoms with Gasteiger partial charge in [0.15, 0.2) is 0 Å². The summed E-state index contributed by atoms with van der Waals surface area (Å²) in [7, 11) is -7.32. The molecule has 1 atom stereocenters. The summed E-state index contributed by atoms with van der Waals surface area (Å²) in [5, 5.41) is 2.41. The average molecular weight is 361 g/mol. The maximum absolute atomic E-state index is 11.7. The summed E-state index contributed by atoms with van der Waals surface area (Å²) in [5.74, 6) is 0. The summed E-state index contributed by atoms with van der Waals surface area (Å²) < 4.78 is 57.9. The second-order valence-corrected chi connectivity index (χ2v) is 8.93. The molecule has 0 radical (unpaired) electrons. The molecule has 0 aliphatic rings. The molecule has 0 heterocycles. The van der Waals surface area contributed by atoms with E-state index in [0.717, 1.165) is 12.5 Å². The summed E-state index contributed by atoms with van der Waals surface area (Å²) in [5.41, 5.74) is -0.727. The fourth-order valence-corrected chi connectivity index (χ4v) is 2.03. The molecule has 0 aliphatic heterocycles. The molecule has 11 heteroatoms. The molecule has 1 amide bonds. The van der Waals surface area contributed by atoms with Gasteiger partial charge in [0.25, 0.3) is 20.2 Å². The fourth-order valence-electron chi connectivity index (χ4n) is 1.22. The smallest absolute Gasteiger partial charge is 0.407 e. The van der Waals surface area contributed by atoms with Gasteiger partial charge in [0.2, 0.25) is 0 Å². The lowest BCUT2D eigenvalue weighted by molar-refractivity contribution is 0.0481. The Hall–Kier alpha value is -0.910. The van der Waals surface area contributed by atoms with Crippen molar-refractivity contribution in [1.29, 1.82) is 0 Å². The van der Waals surface area contributed by atoms with Crippen LogP contribution in [0, 0.1) is 0 Å². The van der Waals surface area contributed by atoms with Gasteiger partial charge >= 0.3 is 6.09 Å². The van der Waals surface area contributed by atoms with Crippen LogP contribution in [-0.4, -0.2) is 60.3 Å². The van der Waals surface area contributed by atoms with Crippen LogP contribution in [0.5, 0.6) is 0 Å². The standard InChI is InChI=1S/C11H23NO8S2/c1-11(2,3)20-10(13)12-9(8-19-22(5,16)17)6-7-18-21(4,14)15/h9H,6-8H2,1-5H3,(H,12,13)/t9-/m0/s1. The first-order valence-electron chi connectivity index (χ1n) is 6.36. The van der Waals surface area contributed by atoms with Crippen molar-refractivity contribution in [1.82, 2.24) is 5.32 Å². The van der Waals surface area contributed by atoms with Crippen molar-refractivity contribution in [2.75, 3.05) is 25.7 Å². The van der Waals surface area contributed by atoms with Gasteiger partial charge in [-0.1, -0.05) is 0 Å². The second-order valence-electron chi connectivity index (χ2n) is 5.65. The van der Waals surface area contributed by atoms with Crippen molar-refractivity contribution in [3.05, 3.63) is 0 Å². The van der Waals surface area contributed by atoms with Crippen LogP contribution < -0.4 is 5.32 Å². The Morgan fingerprint density at radius 1 is 1.05 bits per heavy atom. The summed E-state index contributed by atoms with van der Waals surface area (Å²) in [6.07, 6.45) is 1.01. The molecule has 0 aliphatic carbocycles. The number of amides is 1. The Morgan fingerprint density at radius 2 is 1.55 bits per heavy atom. The molecule has 0 fully saturated rings. The van der Waals surface area contributed by atoms with Crippen molar-refractivity contribution in [2.24, 2.45) is 0 Å². The molecule has 0 saturated carbocycles. The van der Waals surface area contributed by atoms with Gasteiger partial charge in [0, 0.05) is 0 Å². The van der Waals surface area contributed by atoms with Crippen LogP contribution in [0.3, 0.4) is 0 Å². The molecule has 22 heavy (non-hydrogen) atoms. The zero-order valence-corrected chi connectivity index (χ0v) is 14.9. The predicted molar refractivity (Wildman–Crippen MR) is 79.4 cm³/mol. The van der Waals surface area contributed by atoms with Crippen molar-refractivity contribution in [3.63, 3.8) is 0 Å². The van der Waals surface area contributed by atoms with E-state index < -0.39 is 38.0 Å². The van der Waals surface area contributed by atoms with Gasteiger partial charge in [-0.3, -0.25) is 8.37 Å². The third-order valence-electron chi connectivity index (χ3n) is 1.97. The molecule has 0 bridgehead atoms. The van der Waals surface area contributed by atoms with E-state index in [4.69, 9.17) is 4.74 Å². The maximum Gasteiger partial charge on any atom is 0.407 e. The van der Waals surface area contributed by atoms with Gasteiger partial charge in [-0.15, -0.1) is 0 Å². The molecule has 132 valence electrons. The van der Waals surface area contributed by atoms with Gasteiger partial charge in [0.1, 0.15) is 5.60 Å². The van der Waals surface area contributed by atoms with E-state index in [1.807, 2.05) is 0 Å². The number of ether oxygens (including phenoxy) is 1. The van der Waals surface area contributed by atoms with E-state index in [1.54, 1.807) is 20.8 Å². The molecule has 0 unspecified atom stereocenters. The maximum atomic E-state index is 11.7. The molecule has 0 aromatic heterocycles. The van der Waals surface area contributed by atoms with E-state index >= 15 is 0 Å². The van der Waals surface area contributed by atoms with Crippen LogP contribution >= 0.6 is 0 Å². The van der Waals surface area contributed by atoms with Crippen LogP contribution in [0.1, 0.15) is 27.2 Å². The zero-order chi connectivity index (χ0) is 17.6. The van der Waals surface area contributed by atoms with Gasteiger partial charge in [0.05, 0.1) is 31.8 Å². The monoisotopic (exact) mass is 361 g/mol. The predicted octanol–water partition coefficient (Wildman–Crippen LogP) is 0.222. The number of hydrogen-bond acceptors (Lipinski definition) is 8. The Balaban J connectivity index is 4.61. The van der Waals surface area contributed by atoms with Gasteiger partial charge in [-0.2, -0.15) is 16.8 Å². The van der Waals surface area contributed by atoms with E-state index in [-0.39, 0.29) is 19.6 Å². The number of carbonyl (C=O) groups is 1. The molecular formula is C11H23NO8S2. The van der Waals surface area contributed by atoms with Gasteiger partial charge in [-0.05, 0) is 27.2 Å². The molecule has 0 spiro atoms. The van der Waals surface area contributed by atoms with Crippen LogP contribution in [0.25, 0.3) is 0 Å². The number of alkyl carbamates (subject to hydrolysis) is 1. The summed E-state index contributed by atoms with van der Waals surface area (Å²) in [4.78, 5) is 11.7. The highest BCUT2D eigenvalue weighted by Gasteiger charge is 2.21. The quantitative estimate of drug-likeness (QED) is 0.609. The lowest BCUT2D eigenvalue weighted by Crippen LogP contribution is -2.42. The lowest BCUT2D eigenvalue weighted by atomic mass is 10.2. The van der Waals surface area contributed by atoms with Crippen LogP contribution in [0.15, 0.2) is 0 Å². The average Bonchev–Trinajstić information content (AvgIpc) is 2.19. The van der Waals surface area contributed by atoms with E-state index in [0.29, 0.717) is 0 Å². The fraction of sp³-hybridized carbons (Fsp3) is 0.909. The Labute approximate surface area is 131 Å². The number of nitrogens with one attached hydrogen (secondary N) is 1. The Kier molecular flexibility index (Phi) is 7.75. The van der Waals surface area contributed by atoms with Crippen molar-refractivity contribution in [3.8, 4) is 0 Å². The highest BCUT2D eigenvalue weighted by atomic mass is 32.2. The topological polar surface area (TPSA) is 125 Å². The second kappa shape index (κ2) is 8.09. The summed E-state index contributed by atoms with van der Waals surface area (Å²) in [6, 6.07) is -0.786. The number of hydrogen-bond donors (Lipinski definition) is 1. The van der Waals surface area contributed by atoms with Gasteiger partial charge < -0.3 is 10.1 Å². The molecule has 0 rings (SSSR count). The largest absolute Gasteiger partial charge is 0.444 e. The van der Waals surface area contributed by atoms with E-state index in [2.05, 4.69) is 13.7 Å². The van der Waals surface area contributed by atoms with E-state index in [9.17, 15) is 21.6 Å². The first-order chi connectivity index (χ1) is 9.68. The molecule has 9 nitrogen and oxygen atoms in total. The molecular weight excluding hydrogens is 338 g/mol. The van der Waals surface area contributed by atoms with Crippen molar-refractivity contribution >= 4 is 26.3 Å². The summed E-state index contributed by atoms with van der Waals surface area (Å²) in [6.45, 7) is 4.42. The Morgan fingerprint density at radius 3 is 1.95 bits per heavy atom. The minimum Gasteiger partial charge on any atom is -0.444 e. The number of carbonyl (C=O) groups excluding carboxylic acids is 1. The first-order valence-corrected chi connectivity index (χ1v) is 9.99. The minimum atomic E-state index is -3.69. The molecule has 1 N–H and O–H groups in total. The lowest BCUT2D eigenvalue weighted by Gasteiger charge is -2.23. The first kappa shape index (κ1) is 21.1. The minimum absolute atomic E-state index is 0.0296. The SMILES string of the molecule is CC(C)(C)OC(=O)N[C@@H](CCOS(C)(=O)=O)COS(C)(=O)=O. The van der Waals surface area contributed by atoms with Gasteiger partial charge in [-0.25, -0.2) is 4.79 Å². The van der Waals surface area contributed by atoms with E-state index in [1.165, 1.54) is 0 Å². The van der Waals surface area contributed by atoms with Crippen LogP contribution in [0.4, 0.5) is 4.79 Å². The van der Waals surface area contributed by atoms with Crippen molar-refractivity contribution in [2.45, 2.75) is 38.8 Å². The van der Waals surface area contributed by atoms with Crippen LogP contribution in [0.2, 0.25) is 0 Å². The highest BCUT2D eigenvalue weighted by Crippen LogP contribution is 2.08. The third-order valence-corrected chi connectivity index (χ3v) is 3.13. The van der Waals surface area contributed by atoms with Crippen LogP contribution in [-0.2, 0) is 33.3 Å². The molecule has 0 aromatic carbocycles. The molecule has 0 saturated heterocycles. The normalized spacial score (nSPS) is 14.4. The third kappa shape index (κ3) is 14.0. The number of rotatable bonds is 8. The highest BCUT2D eigenvalue weighted by molar-refractivity contribution is 7.86. The Bertz CT molecular complexity index is 561.